The van der Waals surface area contributed by atoms with Crippen molar-refractivity contribution in [3.05, 3.63) is 95.2 Å². The van der Waals surface area contributed by atoms with Crippen LogP contribution in [0.25, 0.3) is 0 Å². The summed E-state index contributed by atoms with van der Waals surface area (Å²) in [5.41, 5.74) is 4.24. The topological polar surface area (TPSA) is 54.0 Å². The van der Waals surface area contributed by atoms with Crippen molar-refractivity contribution in [2.75, 3.05) is 11.9 Å². The quantitative estimate of drug-likeness (QED) is 0.588. The van der Waals surface area contributed by atoms with Crippen LogP contribution in [0.1, 0.15) is 33.5 Å². The van der Waals surface area contributed by atoms with Gasteiger partial charge in [-0.2, -0.15) is 0 Å². The molecule has 1 aromatic heterocycles. The van der Waals surface area contributed by atoms with Crippen LogP contribution in [0.2, 0.25) is 0 Å². The molecule has 0 unspecified atom stereocenters. The van der Waals surface area contributed by atoms with Gasteiger partial charge in [0.25, 0.3) is 5.91 Å². The van der Waals surface area contributed by atoms with E-state index in [0.29, 0.717) is 12.1 Å². The summed E-state index contributed by atoms with van der Waals surface area (Å²) < 4.78 is 0. The molecule has 1 heterocycles. The number of nitrogens with zero attached hydrogens (tertiary/aromatic N) is 1. The molecule has 0 aliphatic rings. The third kappa shape index (κ3) is 5.96. The standard InChI is InChI=1S/C23H25N3O/c1-18-9-11-20(12-10-18)17-26-23(27)21-13-15-25-22(16-21)24-14-5-8-19-6-3-2-4-7-19/h2-4,6-7,9-13,15-16H,5,8,14,17H2,1H3,(H,24,25)(H,26,27). The maximum atomic E-state index is 12.4. The third-order valence-corrected chi connectivity index (χ3v) is 4.39. The number of amides is 1. The number of carbonyl (C=O) groups excluding carboxylic acids is 1. The molecule has 2 N–H and O–H groups in total. The Bertz CT molecular complexity index is 860. The summed E-state index contributed by atoms with van der Waals surface area (Å²) in [6.07, 6.45) is 3.69. The summed E-state index contributed by atoms with van der Waals surface area (Å²) in [7, 11) is 0. The largest absolute Gasteiger partial charge is 0.370 e. The Balaban J connectivity index is 1.47. The lowest BCUT2D eigenvalue weighted by Crippen LogP contribution is -2.23. The Morgan fingerprint density at radius 3 is 2.52 bits per heavy atom. The highest BCUT2D eigenvalue weighted by molar-refractivity contribution is 5.94. The second-order valence-corrected chi connectivity index (χ2v) is 6.61. The second kappa shape index (κ2) is 9.53. The Kier molecular flexibility index (Phi) is 6.58. The second-order valence-electron chi connectivity index (χ2n) is 6.61. The third-order valence-electron chi connectivity index (χ3n) is 4.39. The van der Waals surface area contributed by atoms with Crippen LogP contribution in [0.3, 0.4) is 0 Å². The molecule has 0 bridgehead atoms. The van der Waals surface area contributed by atoms with E-state index in [2.05, 4.69) is 39.9 Å². The molecule has 2 aromatic carbocycles. The lowest BCUT2D eigenvalue weighted by Gasteiger charge is -2.09. The lowest BCUT2D eigenvalue weighted by atomic mass is 10.1. The van der Waals surface area contributed by atoms with E-state index in [0.717, 1.165) is 30.8 Å². The van der Waals surface area contributed by atoms with Gasteiger partial charge in [-0.05, 0) is 43.0 Å². The van der Waals surface area contributed by atoms with Crippen molar-refractivity contribution in [1.82, 2.24) is 10.3 Å². The summed E-state index contributed by atoms with van der Waals surface area (Å²) in [5, 5.41) is 6.26. The van der Waals surface area contributed by atoms with Gasteiger partial charge in [-0.1, -0.05) is 60.2 Å². The first-order chi connectivity index (χ1) is 13.2. The van der Waals surface area contributed by atoms with Gasteiger partial charge in [-0.3, -0.25) is 4.79 Å². The van der Waals surface area contributed by atoms with Gasteiger partial charge < -0.3 is 10.6 Å². The van der Waals surface area contributed by atoms with E-state index < -0.39 is 0 Å². The molecular formula is C23H25N3O. The molecule has 1 amide bonds. The highest BCUT2D eigenvalue weighted by Crippen LogP contribution is 2.09. The predicted molar refractivity (Wildman–Crippen MR) is 110 cm³/mol. The number of rotatable bonds is 8. The molecule has 0 aliphatic heterocycles. The molecule has 0 aliphatic carbocycles. The van der Waals surface area contributed by atoms with Gasteiger partial charge in [-0.15, -0.1) is 0 Å². The van der Waals surface area contributed by atoms with Crippen LogP contribution in [0, 0.1) is 6.92 Å². The Morgan fingerprint density at radius 2 is 1.74 bits per heavy atom. The molecule has 0 spiro atoms. The zero-order valence-corrected chi connectivity index (χ0v) is 15.6. The highest BCUT2D eigenvalue weighted by Gasteiger charge is 2.07. The van der Waals surface area contributed by atoms with E-state index in [9.17, 15) is 4.79 Å². The molecule has 4 heteroatoms. The van der Waals surface area contributed by atoms with Crippen LogP contribution >= 0.6 is 0 Å². The van der Waals surface area contributed by atoms with Crippen LogP contribution < -0.4 is 10.6 Å². The average molecular weight is 359 g/mol. The fourth-order valence-electron chi connectivity index (χ4n) is 2.81. The first-order valence-electron chi connectivity index (χ1n) is 9.28. The summed E-state index contributed by atoms with van der Waals surface area (Å²) in [6.45, 7) is 3.38. The SMILES string of the molecule is Cc1ccc(CNC(=O)c2ccnc(NCCCc3ccccc3)c2)cc1. The Morgan fingerprint density at radius 1 is 0.963 bits per heavy atom. The first-order valence-corrected chi connectivity index (χ1v) is 9.28. The molecule has 0 radical (unpaired) electrons. The molecule has 0 saturated carbocycles. The molecular weight excluding hydrogens is 334 g/mol. The van der Waals surface area contributed by atoms with Crippen LogP contribution in [-0.2, 0) is 13.0 Å². The van der Waals surface area contributed by atoms with Gasteiger partial charge in [0, 0.05) is 24.8 Å². The summed E-state index contributed by atoms with van der Waals surface area (Å²) in [6, 6.07) is 22.1. The smallest absolute Gasteiger partial charge is 0.251 e. The van der Waals surface area contributed by atoms with Crippen LogP contribution in [0.5, 0.6) is 0 Å². The Labute approximate surface area is 160 Å². The van der Waals surface area contributed by atoms with Crippen molar-refractivity contribution in [2.45, 2.75) is 26.3 Å². The minimum absolute atomic E-state index is 0.0923. The maximum Gasteiger partial charge on any atom is 0.251 e. The maximum absolute atomic E-state index is 12.4. The van der Waals surface area contributed by atoms with Crippen LogP contribution in [-0.4, -0.2) is 17.4 Å². The molecule has 0 saturated heterocycles. The van der Waals surface area contributed by atoms with E-state index in [4.69, 9.17) is 0 Å². The van der Waals surface area contributed by atoms with Gasteiger partial charge in [0.05, 0.1) is 0 Å². The number of anilines is 1. The number of benzene rings is 2. The average Bonchev–Trinajstić information content (AvgIpc) is 2.71. The zero-order valence-electron chi connectivity index (χ0n) is 15.6. The predicted octanol–water partition coefficient (Wildman–Crippen LogP) is 4.36. The fraction of sp³-hybridized carbons (Fsp3) is 0.217. The van der Waals surface area contributed by atoms with Crippen molar-refractivity contribution >= 4 is 11.7 Å². The number of hydrogen-bond donors (Lipinski definition) is 2. The van der Waals surface area contributed by atoms with Crippen molar-refractivity contribution < 1.29 is 4.79 Å². The van der Waals surface area contributed by atoms with Crippen molar-refractivity contribution in [3.63, 3.8) is 0 Å². The molecule has 3 rings (SSSR count). The van der Waals surface area contributed by atoms with Crippen molar-refractivity contribution in [3.8, 4) is 0 Å². The minimum Gasteiger partial charge on any atom is -0.370 e. The number of aryl methyl sites for hydroxylation is 2. The fourth-order valence-corrected chi connectivity index (χ4v) is 2.81. The number of aromatic nitrogens is 1. The normalized spacial score (nSPS) is 10.4. The molecule has 138 valence electrons. The van der Waals surface area contributed by atoms with E-state index in [1.54, 1.807) is 18.3 Å². The van der Waals surface area contributed by atoms with E-state index in [1.807, 2.05) is 37.3 Å². The minimum atomic E-state index is -0.0923. The van der Waals surface area contributed by atoms with E-state index in [1.165, 1.54) is 11.1 Å². The highest BCUT2D eigenvalue weighted by atomic mass is 16.1. The zero-order chi connectivity index (χ0) is 18.9. The van der Waals surface area contributed by atoms with Gasteiger partial charge in [0.15, 0.2) is 0 Å². The summed E-state index contributed by atoms with van der Waals surface area (Å²) >= 11 is 0. The summed E-state index contributed by atoms with van der Waals surface area (Å²) in [4.78, 5) is 16.7. The van der Waals surface area contributed by atoms with Gasteiger partial charge in [0.2, 0.25) is 0 Å². The van der Waals surface area contributed by atoms with Gasteiger partial charge >= 0.3 is 0 Å². The first kappa shape index (κ1) is 18.6. The molecule has 4 nitrogen and oxygen atoms in total. The molecule has 3 aromatic rings. The molecule has 0 fully saturated rings. The number of nitrogens with one attached hydrogen (secondary N) is 2. The summed E-state index contributed by atoms with van der Waals surface area (Å²) in [5.74, 6) is 0.636. The van der Waals surface area contributed by atoms with E-state index in [-0.39, 0.29) is 5.91 Å². The number of hydrogen-bond acceptors (Lipinski definition) is 3. The molecule has 0 atom stereocenters. The number of pyridine rings is 1. The lowest BCUT2D eigenvalue weighted by molar-refractivity contribution is 0.0951. The Hall–Kier alpha value is -3.14. The number of carbonyl (C=O) groups is 1. The van der Waals surface area contributed by atoms with Crippen molar-refractivity contribution in [2.24, 2.45) is 0 Å². The van der Waals surface area contributed by atoms with Gasteiger partial charge in [0.1, 0.15) is 5.82 Å². The van der Waals surface area contributed by atoms with E-state index >= 15 is 0 Å². The van der Waals surface area contributed by atoms with Crippen molar-refractivity contribution in [1.29, 1.82) is 0 Å². The monoisotopic (exact) mass is 359 g/mol. The van der Waals surface area contributed by atoms with Crippen LogP contribution in [0.4, 0.5) is 5.82 Å². The van der Waals surface area contributed by atoms with Crippen LogP contribution in [0.15, 0.2) is 72.9 Å². The molecule has 27 heavy (non-hydrogen) atoms. The van der Waals surface area contributed by atoms with Gasteiger partial charge in [-0.25, -0.2) is 4.98 Å².